The number of thiophene rings is 1. The second-order valence-electron chi connectivity index (χ2n) is 6.93. The lowest BCUT2D eigenvalue weighted by atomic mass is 9.79. The number of fused-ring (bicyclic) bond motifs is 1. The van der Waals surface area contributed by atoms with Crippen LogP contribution >= 0.6 is 11.3 Å². The predicted molar refractivity (Wildman–Crippen MR) is 113 cm³/mol. The molecule has 0 radical (unpaired) electrons. The van der Waals surface area contributed by atoms with Gasteiger partial charge in [0.1, 0.15) is 0 Å². The normalized spacial score (nSPS) is 13.0. The van der Waals surface area contributed by atoms with Gasteiger partial charge in [-0.05, 0) is 42.1 Å². The summed E-state index contributed by atoms with van der Waals surface area (Å²) >= 11 is 1.53. The molecule has 0 spiro atoms. The van der Waals surface area contributed by atoms with Crippen LogP contribution in [0.4, 0.5) is 0 Å². The zero-order valence-corrected chi connectivity index (χ0v) is 17.6. The molecule has 0 fully saturated rings. The van der Waals surface area contributed by atoms with Gasteiger partial charge in [0.2, 0.25) is 0 Å². The molecule has 3 rings (SSSR count). The van der Waals surface area contributed by atoms with E-state index in [1.165, 1.54) is 11.3 Å². The highest BCUT2D eigenvalue weighted by Crippen LogP contribution is 2.39. The van der Waals surface area contributed by atoms with E-state index in [1.54, 1.807) is 52.5 Å². The first-order valence-corrected chi connectivity index (χ1v) is 9.84. The third-order valence-corrected chi connectivity index (χ3v) is 6.18. The van der Waals surface area contributed by atoms with Crippen LogP contribution in [0.3, 0.4) is 0 Å². The molecule has 3 aromatic rings. The van der Waals surface area contributed by atoms with Crippen LogP contribution in [-0.4, -0.2) is 38.3 Å². The molecular weight excluding hydrogens is 390 g/mol. The minimum Gasteiger partial charge on any atom is -0.493 e. The van der Waals surface area contributed by atoms with Gasteiger partial charge in [0.15, 0.2) is 11.5 Å². The van der Waals surface area contributed by atoms with E-state index >= 15 is 0 Å². The second-order valence-corrected chi connectivity index (χ2v) is 8.10. The van der Waals surface area contributed by atoms with Gasteiger partial charge < -0.3 is 19.9 Å². The van der Waals surface area contributed by atoms with Gasteiger partial charge in [-0.25, -0.2) is 0 Å². The van der Waals surface area contributed by atoms with E-state index in [-0.39, 0.29) is 5.91 Å². The van der Waals surface area contributed by atoms with Crippen molar-refractivity contribution in [2.75, 3.05) is 21.3 Å². The number of hydrogen-bond acceptors (Lipinski definition) is 5. The second kappa shape index (κ2) is 8.13. The van der Waals surface area contributed by atoms with Crippen molar-refractivity contribution in [2.24, 2.45) is 0 Å². The lowest BCUT2D eigenvalue weighted by Crippen LogP contribution is -2.34. The van der Waals surface area contributed by atoms with Crippen molar-refractivity contribution in [3.8, 4) is 11.5 Å². The van der Waals surface area contributed by atoms with Gasteiger partial charge >= 0.3 is 5.97 Å². The van der Waals surface area contributed by atoms with Crippen molar-refractivity contribution < 1.29 is 24.2 Å². The number of aliphatic carboxylic acids is 1. The molecule has 1 heterocycles. The summed E-state index contributed by atoms with van der Waals surface area (Å²) in [5.41, 5.74) is 0.00585. The Labute approximate surface area is 173 Å². The number of benzene rings is 2. The standard InChI is InChI=1S/C22H23NO5S/c1-22(21(25)26,15-7-5-13(6-8-15)20(24)23-2)12-16-9-14-10-17(27-3)18(28-4)11-19(14)29-16/h5-11H,12H2,1-4H3,(H,23,24)(H,25,26). The molecule has 1 amide bonds. The maximum Gasteiger partial charge on any atom is 0.314 e. The van der Waals surface area contributed by atoms with Crippen LogP contribution < -0.4 is 14.8 Å². The van der Waals surface area contributed by atoms with Gasteiger partial charge in [0, 0.05) is 34.7 Å². The molecular formula is C22H23NO5S. The van der Waals surface area contributed by atoms with Crippen LogP contribution in [0.25, 0.3) is 10.1 Å². The molecule has 0 aliphatic rings. The molecule has 1 unspecified atom stereocenters. The molecule has 29 heavy (non-hydrogen) atoms. The highest BCUT2D eigenvalue weighted by molar-refractivity contribution is 7.19. The monoisotopic (exact) mass is 413 g/mol. The Hall–Kier alpha value is -3.06. The molecule has 1 atom stereocenters. The van der Waals surface area contributed by atoms with E-state index in [0.29, 0.717) is 29.0 Å². The van der Waals surface area contributed by atoms with Crippen LogP contribution in [0.2, 0.25) is 0 Å². The summed E-state index contributed by atoms with van der Waals surface area (Å²) in [5.74, 6) is 0.146. The topological polar surface area (TPSA) is 84.9 Å². The molecule has 0 bridgehead atoms. The lowest BCUT2D eigenvalue weighted by Gasteiger charge is -2.25. The summed E-state index contributed by atoms with van der Waals surface area (Å²) in [5, 5.41) is 13.5. The number of hydrogen-bond donors (Lipinski definition) is 2. The number of carboxylic acid groups (broad SMARTS) is 1. The first kappa shape index (κ1) is 20.7. The largest absolute Gasteiger partial charge is 0.493 e. The first-order chi connectivity index (χ1) is 13.8. The van der Waals surface area contributed by atoms with Crippen molar-refractivity contribution in [3.63, 3.8) is 0 Å². The number of carbonyl (C=O) groups is 2. The van der Waals surface area contributed by atoms with Crippen LogP contribution in [0.5, 0.6) is 11.5 Å². The van der Waals surface area contributed by atoms with Crippen LogP contribution in [-0.2, 0) is 16.6 Å². The summed E-state index contributed by atoms with van der Waals surface area (Å²) in [6.07, 6.45) is 0.325. The molecule has 152 valence electrons. The van der Waals surface area contributed by atoms with Crippen molar-refractivity contribution in [1.82, 2.24) is 5.32 Å². The van der Waals surface area contributed by atoms with E-state index in [9.17, 15) is 14.7 Å². The van der Waals surface area contributed by atoms with Crippen molar-refractivity contribution in [3.05, 3.63) is 58.5 Å². The van der Waals surface area contributed by atoms with Gasteiger partial charge in [0.05, 0.1) is 19.6 Å². The number of carboxylic acids is 1. The molecule has 2 N–H and O–H groups in total. The third kappa shape index (κ3) is 3.91. The highest BCUT2D eigenvalue weighted by Gasteiger charge is 2.36. The van der Waals surface area contributed by atoms with Gasteiger partial charge in [-0.15, -0.1) is 11.3 Å². The maximum absolute atomic E-state index is 12.2. The van der Waals surface area contributed by atoms with Gasteiger partial charge in [-0.3, -0.25) is 9.59 Å². The molecule has 0 aliphatic heterocycles. The highest BCUT2D eigenvalue weighted by atomic mass is 32.1. The number of amides is 1. The van der Waals surface area contributed by atoms with E-state index in [1.807, 2.05) is 18.2 Å². The summed E-state index contributed by atoms with van der Waals surface area (Å²) in [6, 6.07) is 12.5. The molecule has 2 aromatic carbocycles. The van der Waals surface area contributed by atoms with Crippen molar-refractivity contribution in [1.29, 1.82) is 0 Å². The van der Waals surface area contributed by atoms with Gasteiger partial charge in [-0.2, -0.15) is 0 Å². The predicted octanol–water partition coefficient (Wildman–Crippen LogP) is 3.86. The number of ether oxygens (including phenoxy) is 2. The number of carbonyl (C=O) groups excluding carboxylic acids is 1. The smallest absolute Gasteiger partial charge is 0.314 e. The third-order valence-electron chi connectivity index (χ3n) is 5.08. The quantitative estimate of drug-likeness (QED) is 0.614. The molecule has 0 saturated heterocycles. The summed E-state index contributed by atoms with van der Waals surface area (Å²) < 4.78 is 11.7. The van der Waals surface area contributed by atoms with Crippen molar-refractivity contribution in [2.45, 2.75) is 18.8 Å². The SMILES string of the molecule is CNC(=O)c1ccc(C(C)(Cc2cc3cc(OC)c(OC)cc3s2)C(=O)O)cc1. The fourth-order valence-electron chi connectivity index (χ4n) is 3.29. The lowest BCUT2D eigenvalue weighted by molar-refractivity contribution is -0.143. The Kier molecular flexibility index (Phi) is 5.79. The van der Waals surface area contributed by atoms with Crippen LogP contribution in [0.1, 0.15) is 27.7 Å². The Morgan fingerprint density at radius 1 is 1.07 bits per heavy atom. The molecule has 1 aromatic heterocycles. The molecule has 0 saturated carbocycles. The zero-order chi connectivity index (χ0) is 21.2. The minimum atomic E-state index is -1.13. The Balaban J connectivity index is 1.98. The summed E-state index contributed by atoms with van der Waals surface area (Å²) in [7, 11) is 4.73. The fraction of sp³-hybridized carbons (Fsp3) is 0.273. The van der Waals surface area contributed by atoms with E-state index in [2.05, 4.69) is 5.32 Å². The average Bonchev–Trinajstić information content (AvgIpc) is 3.12. The van der Waals surface area contributed by atoms with Crippen LogP contribution in [0, 0.1) is 0 Å². The van der Waals surface area contributed by atoms with Gasteiger partial charge in [-0.1, -0.05) is 12.1 Å². The van der Waals surface area contributed by atoms with Crippen molar-refractivity contribution >= 4 is 33.3 Å². The number of nitrogens with one attached hydrogen (secondary N) is 1. The Morgan fingerprint density at radius 3 is 2.24 bits per heavy atom. The van der Waals surface area contributed by atoms with E-state index < -0.39 is 11.4 Å². The fourth-order valence-corrected chi connectivity index (χ4v) is 4.52. The van der Waals surface area contributed by atoms with Crippen LogP contribution in [0.15, 0.2) is 42.5 Å². The Morgan fingerprint density at radius 2 is 1.69 bits per heavy atom. The summed E-state index contributed by atoms with van der Waals surface area (Å²) in [6.45, 7) is 1.70. The minimum absolute atomic E-state index is 0.207. The van der Waals surface area contributed by atoms with E-state index in [4.69, 9.17) is 9.47 Å². The Bertz CT molecular complexity index is 1020. The number of rotatable bonds is 7. The average molecular weight is 413 g/mol. The zero-order valence-electron chi connectivity index (χ0n) is 16.7. The molecule has 6 nitrogen and oxygen atoms in total. The molecule has 7 heteroatoms. The molecule has 0 aliphatic carbocycles. The maximum atomic E-state index is 12.2. The van der Waals surface area contributed by atoms with E-state index in [0.717, 1.165) is 15.0 Å². The number of methoxy groups -OCH3 is 2. The van der Waals surface area contributed by atoms with Gasteiger partial charge in [0.25, 0.3) is 5.91 Å². The first-order valence-electron chi connectivity index (χ1n) is 9.03. The summed E-state index contributed by atoms with van der Waals surface area (Å²) in [4.78, 5) is 24.9.